The number of benzene rings is 1. The predicted molar refractivity (Wildman–Crippen MR) is 69.5 cm³/mol. The Labute approximate surface area is 98.8 Å². The summed E-state index contributed by atoms with van der Waals surface area (Å²) in [5.41, 5.74) is 7.86. The molecular weight excluding hydrogens is 198 g/mol. The highest BCUT2D eigenvalue weighted by molar-refractivity contribution is 5.40. The van der Waals surface area contributed by atoms with Crippen LogP contribution in [0.2, 0.25) is 0 Å². The highest BCUT2D eigenvalue weighted by Crippen LogP contribution is 2.08. The molecule has 0 aliphatic rings. The molecule has 1 aromatic rings. The minimum atomic E-state index is 0.848. The van der Waals surface area contributed by atoms with E-state index in [1.165, 1.54) is 24.8 Å². The van der Waals surface area contributed by atoms with E-state index in [2.05, 4.69) is 13.0 Å². The van der Waals surface area contributed by atoms with Crippen LogP contribution in [-0.2, 0) is 11.2 Å². The second-order valence-electron chi connectivity index (χ2n) is 4.17. The first kappa shape index (κ1) is 13.0. The highest BCUT2D eigenvalue weighted by Gasteiger charge is 1.94. The third kappa shape index (κ3) is 5.76. The number of hydrogen-bond acceptors (Lipinski definition) is 2. The van der Waals surface area contributed by atoms with Crippen LogP contribution in [0.1, 0.15) is 38.2 Å². The van der Waals surface area contributed by atoms with Crippen LogP contribution in [0.3, 0.4) is 0 Å². The van der Waals surface area contributed by atoms with E-state index in [1.807, 2.05) is 18.2 Å². The molecule has 1 rings (SSSR count). The predicted octanol–water partition coefficient (Wildman–Crippen LogP) is 3.41. The molecule has 90 valence electrons. The number of aryl methyl sites for hydroxylation is 1. The van der Waals surface area contributed by atoms with Gasteiger partial charge in [-0.05, 0) is 37.0 Å². The van der Waals surface area contributed by atoms with Crippen LogP contribution in [0.25, 0.3) is 0 Å². The summed E-state index contributed by atoms with van der Waals surface area (Å²) in [6.45, 7) is 3.98. The Morgan fingerprint density at radius 2 is 1.94 bits per heavy atom. The van der Waals surface area contributed by atoms with Crippen LogP contribution in [0.4, 0.5) is 5.69 Å². The van der Waals surface area contributed by atoms with E-state index in [0.29, 0.717) is 0 Å². The lowest BCUT2D eigenvalue weighted by Crippen LogP contribution is -1.99. The first-order valence-corrected chi connectivity index (χ1v) is 6.25. The van der Waals surface area contributed by atoms with Gasteiger partial charge in [0.05, 0.1) is 0 Å². The van der Waals surface area contributed by atoms with E-state index in [0.717, 1.165) is 31.7 Å². The number of ether oxygens (including phenoxy) is 1. The van der Waals surface area contributed by atoms with Gasteiger partial charge in [-0.15, -0.1) is 0 Å². The van der Waals surface area contributed by atoms with Crippen LogP contribution >= 0.6 is 0 Å². The minimum Gasteiger partial charge on any atom is -0.399 e. The molecule has 0 saturated carbocycles. The second kappa shape index (κ2) is 8.17. The van der Waals surface area contributed by atoms with Crippen LogP contribution in [0, 0.1) is 0 Å². The lowest BCUT2D eigenvalue weighted by molar-refractivity contribution is 0.128. The molecule has 0 unspecified atom stereocenters. The largest absolute Gasteiger partial charge is 0.399 e. The molecule has 0 aliphatic carbocycles. The summed E-state index contributed by atoms with van der Waals surface area (Å²) in [4.78, 5) is 0. The fourth-order valence-corrected chi connectivity index (χ4v) is 1.68. The Bertz CT molecular complexity index is 286. The Morgan fingerprint density at radius 1 is 1.12 bits per heavy atom. The summed E-state index contributed by atoms with van der Waals surface area (Å²) in [7, 11) is 0. The standard InChI is InChI=1S/C14H23NO/c1-2-3-4-10-16-11-6-8-13-7-5-9-14(15)12-13/h5,7,9,12H,2-4,6,8,10-11,15H2,1H3. The van der Waals surface area contributed by atoms with Crippen molar-refractivity contribution in [3.8, 4) is 0 Å². The maximum Gasteiger partial charge on any atom is 0.0469 e. The zero-order valence-electron chi connectivity index (χ0n) is 10.2. The number of nitrogen functional groups attached to an aromatic ring is 1. The quantitative estimate of drug-likeness (QED) is 0.539. The van der Waals surface area contributed by atoms with Gasteiger partial charge in [-0.3, -0.25) is 0 Å². The lowest BCUT2D eigenvalue weighted by atomic mass is 10.1. The van der Waals surface area contributed by atoms with Crippen LogP contribution in [-0.4, -0.2) is 13.2 Å². The first-order valence-electron chi connectivity index (χ1n) is 6.25. The molecule has 2 nitrogen and oxygen atoms in total. The molecule has 0 amide bonds. The molecule has 0 saturated heterocycles. The number of anilines is 1. The number of hydrogen-bond donors (Lipinski definition) is 1. The summed E-state index contributed by atoms with van der Waals surface area (Å²) in [6.07, 6.45) is 5.85. The molecule has 0 radical (unpaired) electrons. The van der Waals surface area contributed by atoms with E-state index in [-0.39, 0.29) is 0 Å². The van der Waals surface area contributed by atoms with Crippen molar-refractivity contribution in [1.82, 2.24) is 0 Å². The normalized spacial score (nSPS) is 10.6. The third-order valence-corrected chi connectivity index (χ3v) is 2.60. The third-order valence-electron chi connectivity index (χ3n) is 2.60. The molecule has 0 heterocycles. The van der Waals surface area contributed by atoms with Crippen molar-refractivity contribution in [3.05, 3.63) is 29.8 Å². The van der Waals surface area contributed by atoms with Crippen LogP contribution in [0.5, 0.6) is 0 Å². The molecule has 2 heteroatoms. The molecule has 0 aromatic heterocycles. The fourth-order valence-electron chi connectivity index (χ4n) is 1.68. The Hall–Kier alpha value is -1.02. The topological polar surface area (TPSA) is 35.2 Å². The maximum absolute atomic E-state index is 5.71. The average molecular weight is 221 g/mol. The Morgan fingerprint density at radius 3 is 2.69 bits per heavy atom. The number of nitrogens with two attached hydrogens (primary N) is 1. The first-order chi connectivity index (χ1) is 7.83. The van der Waals surface area contributed by atoms with E-state index in [9.17, 15) is 0 Å². The van der Waals surface area contributed by atoms with Gasteiger partial charge in [0.25, 0.3) is 0 Å². The van der Waals surface area contributed by atoms with Gasteiger partial charge in [0.2, 0.25) is 0 Å². The average Bonchev–Trinajstić information content (AvgIpc) is 2.28. The van der Waals surface area contributed by atoms with Gasteiger partial charge in [-0.25, -0.2) is 0 Å². The second-order valence-corrected chi connectivity index (χ2v) is 4.17. The van der Waals surface area contributed by atoms with Crippen molar-refractivity contribution in [1.29, 1.82) is 0 Å². The summed E-state index contributed by atoms with van der Waals surface area (Å²) in [5, 5.41) is 0. The molecule has 0 aliphatic heterocycles. The monoisotopic (exact) mass is 221 g/mol. The van der Waals surface area contributed by atoms with E-state index in [4.69, 9.17) is 10.5 Å². The zero-order valence-corrected chi connectivity index (χ0v) is 10.2. The molecule has 16 heavy (non-hydrogen) atoms. The van der Waals surface area contributed by atoms with Crippen molar-refractivity contribution < 1.29 is 4.74 Å². The van der Waals surface area contributed by atoms with E-state index < -0.39 is 0 Å². The van der Waals surface area contributed by atoms with Gasteiger partial charge in [0.15, 0.2) is 0 Å². The van der Waals surface area contributed by atoms with Gasteiger partial charge in [0, 0.05) is 18.9 Å². The van der Waals surface area contributed by atoms with Gasteiger partial charge in [-0.1, -0.05) is 31.9 Å². The fraction of sp³-hybridized carbons (Fsp3) is 0.571. The SMILES string of the molecule is CCCCCOCCCc1cccc(N)c1. The van der Waals surface area contributed by atoms with Crippen LogP contribution < -0.4 is 5.73 Å². The van der Waals surface area contributed by atoms with Gasteiger partial charge >= 0.3 is 0 Å². The van der Waals surface area contributed by atoms with E-state index in [1.54, 1.807) is 0 Å². The summed E-state index contributed by atoms with van der Waals surface area (Å²) in [6, 6.07) is 8.09. The number of unbranched alkanes of at least 4 members (excludes halogenated alkanes) is 2. The van der Waals surface area contributed by atoms with Crippen molar-refractivity contribution in [2.45, 2.75) is 39.0 Å². The summed E-state index contributed by atoms with van der Waals surface area (Å²) >= 11 is 0. The van der Waals surface area contributed by atoms with Crippen molar-refractivity contribution >= 4 is 5.69 Å². The molecule has 2 N–H and O–H groups in total. The Kier molecular flexibility index (Phi) is 6.66. The highest BCUT2D eigenvalue weighted by atomic mass is 16.5. The molecule has 1 aromatic carbocycles. The smallest absolute Gasteiger partial charge is 0.0469 e. The summed E-state index contributed by atoms with van der Waals surface area (Å²) < 4.78 is 5.56. The van der Waals surface area contributed by atoms with Gasteiger partial charge in [0.1, 0.15) is 0 Å². The van der Waals surface area contributed by atoms with E-state index >= 15 is 0 Å². The maximum atomic E-state index is 5.71. The van der Waals surface area contributed by atoms with Gasteiger partial charge in [-0.2, -0.15) is 0 Å². The van der Waals surface area contributed by atoms with Crippen LogP contribution in [0.15, 0.2) is 24.3 Å². The zero-order chi connectivity index (χ0) is 11.6. The van der Waals surface area contributed by atoms with Crippen molar-refractivity contribution in [2.24, 2.45) is 0 Å². The molecule has 0 fully saturated rings. The van der Waals surface area contributed by atoms with Gasteiger partial charge < -0.3 is 10.5 Å². The van der Waals surface area contributed by atoms with Crippen molar-refractivity contribution in [2.75, 3.05) is 18.9 Å². The summed E-state index contributed by atoms with van der Waals surface area (Å²) in [5.74, 6) is 0. The lowest BCUT2D eigenvalue weighted by Gasteiger charge is -2.04. The minimum absolute atomic E-state index is 0.848. The Balaban J connectivity index is 2.03. The number of rotatable bonds is 8. The molecule has 0 bridgehead atoms. The molecule has 0 spiro atoms. The molecule has 0 atom stereocenters. The van der Waals surface area contributed by atoms with Crippen molar-refractivity contribution in [3.63, 3.8) is 0 Å². The molecular formula is C14H23NO.